The van der Waals surface area contributed by atoms with Gasteiger partial charge >= 0.3 is 0 Å². The predicted octanol–water partition coefficient (Wildman–Crippen LogP) is 13.1. The van der Waals surface area contributed by atoms with Gasteiger partial charge in [-0.15, -0.1) is 22.7 Å². The highest BCUT2D eigenvalue weighted by molar-refractivity contribution is 7.27. The van der Waals surface area contributed by atoms with E-state index in [-0.39, 0.29) is 0 Å². The molecule has 0 amide bonds. The summed E-state index contributed by atoms with van der Waals surface area (Å²) in [7, 11) is 0. The molecule has 4 aromatic heterocycles. The zero-order chi connectivity index (χ0) is 34.9. The van der Waals surface area contributed by atoms with Crippen molar-refractivity contribution in [3.8, 4) is 55.9 Å². The van der Waals surface area contributed by atoms with Crippen LogP contribution in [0, 0.1) is 0 Å². The van der Waals surface area contributed by atoms with E-state index in [1.54, 1.807) is 22.7 Å². The molecule has 0 spiro atoms. The number of thiazole rings is 1. The second-order valence-electron chi connectivity index (χ2n) is 13.0. The van der Waals surface area contributed by atoms with E-state index in [0.717, 1.165) is 69.5 Å². The fourth-order valence-corrected chi connectivity index (χ4v) is 9.59. The smallest absolute Gasteiger partial charge is 0.167 e. The number of para-hydroxylation sites is 1. The Kier molecular flexibility index (Phi) is 6.83. The molecule has 0 fully saturated rings. The Labute approximate surface area is 311 Å². The number of hydrogen-bond acceptors (Lipinski definition) is 7. The zero-order valence-corrected chi connectivity index (χ0v) is 29.7. The van der Waals surface area contributed by atoms with Gasteiger partial charge in [-0.1, -0.05) is 127 Å². The molecule has 11 aromatic rings. The van der Waals surface area contributed by atoms with E-state index in [1.165, 1.54) is 21.2 Å². The molecule has 7 aromatic carbocycles. The van der Waals surface area contributed by atoms with Gasteiger partial charge in [0.2, 0.25) is 0 Å². The van der Waals surface area contributed by atoms with E-state index in [4.69, 9.17) is 24.4 Å². The third kappa shape index (κ3) is 5.04. The number of thiophene rings is 1. The van der Waals surface area contributed by atoms with Gasteiger partial charge in [-0.2, -0.15) is 0 Å². The van der Waals surface area contributed by atoms with E-state index in [1.807, 2.05) is 60.7 Å². The molecule has 4 heterocycles. The van der Waals surface area contributed by atoms with Crippen LogP contribution in [0.15, 0.2) is 162 Å². The lowest BCUT2D eigenvalue weighted by molar-refractivity contribution is 0.669. The first-order valence-electron chi connectivity index (χ1n) is 17.4. The molecule has 0 saturated heterocycles. The molecule has 0 bridgehead atoms. The lowest BCUT2D eigenvalue weighted by Crippen LogP contribution is -2.00. The first-order chi connectivity index (χ1) is 26.2. The van der Waals surface area contributed by atoms with Gasteiger partial charge in [0.1, 0.15) is 16.2 Å². The molecule has 0 aliphatic heterocycles. The predicted molar refractivity (Wildman–Crippen MR) is 220 cm³/mol. The van der Waals surface area contributed by atoms with Crippen molar-refractivity contribution < 1.29 is 4.42 Å². The van der Waals surface area contributed by atoms with E-state index < -0.39 is 0 Å². The normalized spacial score (nSPS) is 11.8. The Morgan fingerprint density at radius 1 is 0.377 bits per heavy atom. The van der Waals surface area contributed by atoms with E-state index >= 15 is 0 Å². The van der Waals surface area contributed by atoms with E-state index in [0.29, 0.717) is 17.5 Å². The monoisotopic (exact) mass is 714 g/mol. The Morgan fingerprint density at radius 3 is 1.79 bits per heavy atom. The topological polar surface area (TPSA) is 64.7 Å². The number of fused-ring (bicyclic) bond motifs is 7. The maximum absolute atomic E-state index is 6.29. The molecule has 5 nitrogen and oxygen atoms in total. The van der Waals surface area contributed by atoms with Crippen molar-refractivity contribution in [3.05, 3.63) is 158 Å². The summed E-state index contributed by atoms with van der Waals surface area (Å²) in [6, 6.07) is 54.4. The van der Waals surface area contributed by atoms with Crippen LogP contribution >= 0.6 is 22.7 Å². The van der Waals surface area contributed by atoms with Gasteiger partial charge in [0.25, 0.3) is 0 Å². The van der Waals surface area contributed by atoms with Gasteiger partial charge in [0, 0.05) is 47.6 Å². The zero-order valence-electron chi connectivity index (χ0n) is 28.0. The Morgan fingerprint density at radius 2 is 0.981 bits per heavy atom. The van der Waals surface area contributed by atoms with Gasteiger partial charge < -0.3 is 4.42 Å². The number of benzene rings is 7. The lowest BCUT2D eigenvalue weighted by Gasteiger charge is -2.10. The van der Waals surface area contributed by atoms with Crippen LogP contribution in [-0.2, 0) is 0 Å². The second-order valence-corrected chi connectivity index (χ2v) is 15.1. The molecular weight excluding hydrogens is 689 g/mol. The number of furan rings is 1. The molecule has 0 aliphatic rings. The highest BCUT2D eigenvalue weighted by Crippen LogP contribution is 2.47. The summed E-state index contributed by atoms with van der Waals surface area (Å²) in [6.45, 7) is 0. The molecule has 0 radical (unpaired) electrons. The molecule has 11 rings (SSSR count). The van der Waals surface area contributed by atoms with Crippen LogP contribution in [0.3, 0.4) is 0 Å². The maximum Gasteiger partial charge on any atom is 0.167 e. The number of aromatic nitrogens is 4. The summed E-state index contributed by atoms with van der Waals surface area (Å²) >= 11 is 3.46. The van der Waals surface area contributed by atoms with Crippen LogP contribution in [0.5, 0.6) is 0 Å². The van der Waals surface area contributed by atoms with Gasteiger partial charge in [-0.05, 0) is 41.5 Å². The standard InChI is InChI=1S/C46H26N4OS2/c1-3-11-27(12-4-1)28-19-21-30(22-20-28)46-47-36-26-35-34-16-8-10-18-39(34)52-41(35)40(42(36)53-46)45-49-43(29-13-5-2-6-14-29)48-44(50-45)31-23-24-33-32-15-7-9-17-37(32)51-38(33)25-31/h1-26H. The minimum absolute atomic E-state index is 0.587. The molecule has 0 N–H and O–H groups in total. The number of nitrogens with zero attached hydrogens (tertiary/aromatic N) is 4. The van der Waals surface area contributed by atoms with Crippen LogP contribution in [0.4, 0.5) is 0 Å². The molecule has 248 valence electrons. The van der Waals surface area contributed by atoms with Crippen molar-refractivity contribution in [2.45, 2.75) is 0 Å². The summed E-state index contributed by atoms with van der Waals surface area (Å²) in [4.78, 5) is 20.9. The fourth-order valence-electron chi connectivity index (χ4n) is 7.20. The van der Waals surface area contributed by atoms with E-state index in [2.05, 4.69) is 97.1 Å². The van der Waals surface area contributed by atoms with Crippen LogP contribution in [0.25, 0.3) is 108 Å². The Balaban J connectivity index is 1.15. The van der Waals surface area contributed by atoms with Crippen LogP contribution < -0.4 is 0 Å². The highest BCUT2D eigenvalue weighted by Gasteiger charge is 2.23. The van der Waals surface area contributed by atoms with E-state index in [9.17, 15) is 0 Å². The third-order valence-corrected chi connectivity index (χ3v) is 12.1. The second kappa shape index (κ2) is 12.0. The van der Waals surface area contributed by atoms with Crippen molar-refractivity contribution in [2.75, 3.05) is 0 Å². The van der Waals surface area contributed by atoms with Gasteiger partial charge in [0.15, 0.2) is 17.5 Å². The highest BCUT2D eigenvalue weighted by atomic mass is 32.1. The van der Waals surface area contributed by atoms with Crippen LogP contribution in [-0.4, -0.2) is 19.9 Å². The van der Waals surface area contributed by atoms with Crippen molar-refractivity contribution >= 4 is 75.0 Å². The van der Waals surface area contributed by atoms with Crippen LogP contribution in [0.1, 0.15) is 0 Å². The lowest BCUT2D eigenvalue weighted by atomic mass is 10.0. The molecule has 53 heavy (non-hydrogen) atoms. The molecule has 0 atom stereocenters. The Hall–Kier alpha value is -6.54. The summed E-state index contributed by atoms with van der Waals surface area (Å²) in [5, 5.41) is 5.45. The minimum Gasteiger partial charge on any atom is -0.456 e. The van der Waals surface area contributed by atoms with Crippen molar-refractivity contribution in [3.63, 3.8) is 0 Å². The largest absolute Gasteiger partial charge is 0.456 e. The van der Waals surface area contributed by atoms with Crippen LogP contribution in [0.2, 0.25) is 0 Å². The fraction of sp³-hybridized carbons (Fsp3) is 0. The van der Waals surface area contributed by atoms with Gasteiger partial charge in [-0.3, -0.25) is 0 Å². The number of rotatable bonds is 5. The average Bonchev–Trinajstić information content (AvgIpc) is 3.93. The summed E-state index contributed by atoms with van der Waals surface area (Å²) in [5.74, 6) is 1.82. The average molecular weight is 715 g/mol. The Bertz CT molecular complexity index is 3160. The quantitative estimate of drug-likeness (QED) is 0.178. The molecule has 0 unspecified atom stereocenters. The molecule has 0 saturated carbocycles. The molecular formula is C46H26N4OS2. The first kappa shape index (κ1) is 30.1. The molecule has 7 heteroatoms. The maximum atomic E-state index is 6.29. The van der Waals surface area contributed by atoms with Gasteiger partial charge in [-0.25, -0.2) is 19.9 Å². The number of hydrogen-bond donors (Lipinski definition) is 0. The third-order valence-electron chi connectivity index (χ3n) is 9.79. The summed E-state index contributed by atoms with van der Waals surface area (Å²) in [6.07, 6.45) is 0. The SMILES string of the molecule is c1ccc(-c2ccc(-c3nc4cc5c(sc6ccccc65)c(-c5nc(-c6ccccc6)nc(-c6ccc7c(c6)oc6ccccc67)n5)c4s3)cc2)cc1. The molecule has 0 aliphatic carbocycles. The van der Waals surface area contributed by atoms with Crippen molar-refractivity contribution in [1.82, 2.24) is 19.9 Å². The summed E-state index contributed by atoms with van der Waals surface area (Å²) < 4.78 is 9.70. The minimum atomic E-state index is 0.587. The van der Waals surface area contributed by atoms with Crippen molar-refractivity contribution in [2.24, 2.45) is 0 Å². The van der Waals surface area contributed by atoms with Gasteiger partial charge in [0.05, 0.1) is 15.8 Å². The first-order valence-corrected chi connectivity index (χ1v) is 19.0. The summed E-state index contributed by atoms with van der Waals surface area (Å²) in [5.41, 5.74) is 8.79. The van der Waals surface area contributed by atoms with Crippen molar-refractivity contribution in [1.29, 1.82) is 0 Å².